The maximum Gasteiger partial charge on any atom is 0.308 e. The molecule has 1 aliphatic carbocycles. The van der Waals surface area contributed by atoms with E-state index in [4.69, 9.17) is 4.74 Å². The van der Waals surface area contributed by atoms with E-state index in [1.54, 1.807) is 0 Å². The van der Waals surface area contributed by atoms with Gasteiger partial charge in [-0.15, -0.1) is 0 Å². The molecule has 0 aromatic heterocycles. The SMILES string of the molecule is COC(=O)C1CCC2CNCC2C1. The Morgan fingerprint density at radius 3 is 2.85 bits per heavy atom. The van der Waals surface area contributed by atoms with Crippen molar-refractivity contribution >= 4 is 5.97 Å². The van der Waals surface area contributed by atoms with Gasteiger partial charge in [-0.2, -0.15) is 0 Å². The normalized spacial score (nSPS) is 38.4. The second-order valence-electron chi connectivity index (χ2n) is 4.21. The highest BCUT2D eigenvalue weighted by atomic mass is 16.5. The molecule has 13 heavy (non-hydrogen) atoms. The number of rotatable bonds is 1. The Labute approximate surface area is 78.8 Å². The molecule has 1 heterocycles. The van der Waals surface area contributed by atoms with Crippen molar-refractivity contribution in [1.29, 1.82) is 0 Å². The Bertz CT molecular complexity index is 205. The van der Waals surface area contributed by atoms with Crippen LogP contribution in [-0.4, -0.2) is 26.2 Å². The molecule has 0 spiro atoms. The molecular formula is C10H17NO2. The van der Waals surface area contributed by atoms with Gasteiger partial charge in [0.15, 0.2) is 0 Å². The minimum absolute atomic E-state index is 0.00894. The number of ether oxygens (including phenoxy) is 1. The zero-order valence-corrected chi connectivity index (χ0v) is 8.08. The first kappa shape index (κ1) is 9.00. The number of nitrogens with one attached hydrogen (secondary N) is 1. The van der Waals surface area contributed by atoms with Crippen LogP contribution in [0.2, 0.25) is 0 Å². The van der Waals surface area contributed by atoms with Crippen LogP contribution in [0.15, 0.2) is 0 Å². The third-order valence-electron chi connectivity index (χ3n) is 3.49. The summed E-state index contributed by atoms with van der Waals surface area (Å²) in [5.74, 6) is 1.70. The van der Waals surface area contributed by atoms with Crippen molar-refractivity contribution in [3.8, 4) is 0 Å². The molecule has 2 rings (SSSR count). The maximum atomic E-state index is 11.3. The van der Waals surface area contributed by atoms with Crippen LogP contribution >= 0.6 is 0 Å². The largest absolute Gasteiger partial charge is 0.469 e. The highest BCUT2D eigenvalue weighted by Crippen LogP contribution is 2.36. The Balaban J connectivity index is 1.93. The first-order valence-electron chi connectivity index (χ1n) is 5.10. The van der Waals surface area contributed by atoms with Gasteiger partial charge in [0.05, 0.1) is 13.0 Å². The lowest BCUT2D eigenvalue weighted by Gasteiger charge is -2.29. The molecule has 0 aromatic rings. The summed E-state index contributed by atoms with van der Waals surface area (Å²) in [6, 6.07) is 0. The molecule has 0 radical (unpaired) electrons. The molecule has 0 aromatic carbocycles. The third kappa shape index (κ3) is 1.70. The maximum absolute atomic E-state index is 11.3. The summed E-state index contributed by atoms with van der Waals surface area (Å²) in [6.07, 6.45) is 3.25. The van der Waals surface area contributed by atoms with Gasteiger partial charge in [-0.1, -0.05) is 0 Å². The second-order valence-corrected chi connectivity index (χ2v) is 4.21. The number of carbonyl (C=O) groups is 1. The lowest BCUT2D eigenvalue weighted by atomic mass is 9.76. The van der Waals surface area contributed by atoms with Crippen LogP contribution in [0.1, 0.15) is 19.3 Å². The summed E-state index contributed by atoms with van der Waals surface area (Å²) in [4.78, 5) is 11.3. The van der Waals surface area contributed by atoms with E-state index in [9.17, 15) is 4.79 Å². The first-order chi connectivity index (χ1) is 6.31. The minimum atomic E-state index is -0.00894. The van der Waals surface area contributed by atoms with E-state index in [2.05, 4.69) is 5.32 Å². The average molecular weight is 183 g/mol. The van der Waals surface area contributed by atoms with Crippen LogP contribution in [0.25, 0.3) is 0 Å². The lowest BCUT2D eigenvalue weighted by Crippen LogP contribution is -2.28. The third-order valence-corrected chi connectivity index (χ3v) is 3.49. The fourth-order valence-electron chi connectivity index (χ4n) is 2.68. The van der Waals surface area contributed by atoms with Crippen LogP contribution in [0.4, 0.5) is 0 Å². The van der Waals surface area contributed by atoms with Gasteiger partial charge < -0.3 is 10.1 Å². The summed E-state index contributed by atoms with van der Waals surface area (Å²) in [6.45, 7) is 2.25. The van der Waals surface area contributed by atoms with Gasteiger partial charge >= 0.3 is 5.97 Å². The standard InChI is InChI=1S/C10H17NO2/c1-13-10(12)7-2-3-8-5-11-6-9(8)4-7/h7-9,11H,2-6H2,1H3. The minimum Gasteiger partial charge on any atom is -0.469 e. The van der Waals surface area contributed by atoms with Crippen molar-refractivity contribution in [3.63, 3.8) is 0 Å². The highest BCUT2D eigenvalue weighted by Gasteiger charge is 2.36. The Morgan fingerprint density at radius 1 is 1.31 bits per heavy atom. The van der Waals surface area contributed by atoms with E-state index in [0.29, 0.717) is 0 Å². The summed E-state index contributed by atoms with van der Waals surface area (Å²) in [7, 11) is 1.49. The van der Waals surface area contributed by atoms with Gasteiger partial charge in [0, 0.05) is 0 Å². The highest BCUT2D eigenvalue weighted by molar-refractivity contribution is 5.72. The van der Waals surface area contributed by atoms with Gasteiger partial charge in [-0.05, 0) is 44.2 Å². The van der Waals surface area contributed by atoms with Crippen LogP contribution in [0.5, 0.6) is 0 Å². The van der Waals surface area contributed by atoms with Gasteiger partial charge in [0.25, 0.3) is 0 Å². The van der Waals surface area contributed by atoms with Crippen molar-refractivity contribution in [3.05, 3.63) is 0 Å². The first-order valence-corrected chi connectivity index (χ1v) is 5.10. The Kier molecular flexibility index (Phi) is 2.54. The molecule has 3 unspecified atom stereocenters. The van der Waals surface area contributed by atoms with E-state index in [-0.39, 0.29) is 11.9 Å². The van der Waals surface area contributed by atoms with E-state index in [1.807, 2.05) is 0 Å². The Hall–Kier alpha value is -0.570. The summed E-state index contributed by atoms with van der Waals surface area (Å²) < 4.78 is 4.78. The molecule has 3 atom stereocenters. The molecule has 3 nitrogen and oxygen atoms in total. The van der Waals surface area contributed by atoms with Gasteiger partial charge in [-0.3, -0.25) is 4.79 Å². The van der Waals surface area contributed by atoms with Crippen LogP contribution in [0.3, 0.4) is 0 Å². The Morgan fingerprint density at radius 2 is 2.08 bits per heavy atom. The van der Waals surface area contributed by atoms with E-state index in [0.717, 1.165) is 37.8 Å². The van der Waals surface area contributed by atoms with Crippen molar-refractivity contribution in [2.24, 2.45) is 17.8 Å². The number of hydrogen-bond donors (Lipinski definition) is 1. The molecule has 1 N–H and O–H groups in total. The molecule has 1 saturated carbocycles. The summed E-state index contributed by atoms with van der Waals surface area (Å²) in [5, 5.41) is 3.39. The fourth-order valence-corrected chi connectivity index (χ4v) is 2.68. The topological polar surface area (TPSA) is 38.3 Å². The van der Waals surface area contributed by atoms with Crippen molar-refractivity contribution in [2.75, 3.05) is 20.2 Å². The number of methoxy groups -OCH3 is 1. The zero-order valence-electron chi connectivity index (χ0n) is 8.08. The zero-order chi connectivity index (χ0) is 9.26. The summed E-state index contributed by atoms with van der Waals surface area (Å²) >= 11 is 0. The predicted octanol–water partition coefficient (Wildman–Crippen LogP) is 0.795. The molecule has 2 fully saturated rings. The number of fused-ring (bicyclic) bond motifs is 1. The molecule has 0 bridgehead atoms. The smallest absolute Gasteiger partial charge is 0.308 e. The molecular weight excluding hydrogens is 166 g/mol. The van der Waals surface area contributed by atoms with E-state index >= 15 is 0 Å². The molecule has 3 heteroatoms. The monoisotopic (exact) mass is 183 g/mol. The van der Waals surface area contributed by atoms with Crippen LogP contribution in [-0.2, 0) is 9.53 Å². The number of esters is 1. The molecule has 1 saturated heterocycles. The second kappa shape index (κ2) is 3.66. The van der Waals surface area contributed by atoms with Crippen molar-refractivity contribution < 1.29 is 9.53 Å². The molecule has 1 aliphatic heterocycles. The molecule has 0 amide bonds. The van der Waals surface area contributed by atoms with E-state index < -0.39 is 0 Å². The summed E-state index contributed by atoms with van der Waals surface area (Å²) in [5.41, 5.74) is 0. The van der Waals surface area contributed by atoms with E-state index in [1.165, 1.54) is 13.5 Å². The van der Waals surface area contributed by atoms with Crippen LogP contribution in [0, 0.1) is 17.8 Å². The van der Waals surface area contributed by atoms with Gasteiger partial charge in [0.2, 0.25) is 0 Å². The predicted molar refractivity (Wildman–Crippen MR) is 49.2 cm³/mol. The average Bonchev–Trinajstić information content (AvgIpc) is 2.63. The quantitative estimate of drug-likeness (QED) is 0.611. The lowest BCUT2D eigenvalue weighted by molar-refractivity contribution is -0.147. The van der Waals surface area contributed by atoms with Crippen molar-refractivity contribution in [1.82, 2.24) is 5.32 Å². The van der Waals surface area contributed by atoms with Gasteiger partial charge in [-0.25, -0.2) is 0 Å². The van der Waals surface area contributed by atoms with Crippen molar-refractivity contribution in [2.45, 2.75) is 19.3 Å². The fraction of sp³-hybridized carbons (Fsp3) is 0.900. The number of hydrogen-bond acceptors (Lipinski definition) is 3. The molecule has 2 aliphatic rings. The van der Waals surface area contributed by atoms with Crippen LogP contribution < -0.4 is 5.32 Å². The van der Waals surface area contributed by atoms with Gasteiger partial charge in [0.1, 0.15) is 0 Å². The number of carbonyl (C=O) groups excluding carboxylic acids is 1. The molecule has 74 valence electrons.